The number of aliphatic carboxylic acids is 1. The van der Waals surface area contributed by atoms with E-state index < -0.39 is 5.97 Å². The van der Waals surface area contributed by atoms with Gasteiger partial charge in [-0.2, -0.15) is 0 Å². The number of carboxylic acid groups (broad SMARTS) is 1. The van der Waals surface area contributed by atoms with Gasteiger partial charge in [0, 0.05) is 13.1 Å². The van der Waals surface area contributed by atoms with Crippen molar-refractivity contribution < 1.29 is 39.5 Å². The number of rotatable bonds is 3. The molecule has 0 saturated carbocycles. The van der Waals surface area contributed by atoms with Gasteiger partial charge in [0.25, 0.3) is 0 Å². The van der Waals surface area contributed by atoms with Crippen molar-refractivity contribution in [2.45, 2.75) is 13.0 Å². The van der Waals surface area contributed by atoms with Crippen molar-refractivity contribution in [3.63, 3.8) is 0 Å². The van der Waals surface area contributed by atoms with Crippen LogP contribution in [0.15, 0.2) is 35.9 Å². The summed E-state index contributed by atoms with van der Waals surface area (Å²) in [5.74, 6) is -0.213. The Bertz CT molecular complexity index is 618. The van der Waals surface area contributed by atoms with Crippen LogP contribution in [-0.2, 0) is 11.3 Å². The molecule has 0 bridgehead atoms. The summed E-state index contributed by atoms with van der Waals surface area (Å²) in [6.45, 7) is 1.88. The molecule has 1 aliphatic rings. The number of aromatic amines is 1. The zero-order chi connectivity index (χ0) is 13.2. The van der Waals surface area contributed by atoms with Gasteiger partial charge < -0.3 is 14.9 Å². The van der Waals surface area contributed by atoms with E-state index in [2.05, 4.69) is 14.9 Å². The van der Waals surface area contributed by atoms with Gasteiger partial charge in [-0.05, 0) is 24.1 Å². The molecule has 5 nitrogen and oxygen atoms in total. The van der Waals surface area contributed by atoms with Crippen LogP contribution in [-0.4, -0.2) is 33.9 Å². The van der Waals surface area contributed by atoms with Gasteiger partial charge in [-0.25, -0.2) is 4.98 Å². The fraction of sp³-hybridized carbons (Fsp3) is 0.286. The summed E-state index contributed by atoms with van der Waals surface area (Å²) in [6.07, 6.45) is 2.48. The first-order valence-electron chi connectivity index (χ1n) is 6.29. The number of hydrogen-bond acceptors (Lipinski definition) is 4. The summed E-state index contributed by atoms with van der Waals surface area (Å²) in [7, 11) is 0. The number of para-hydroxylation sites is 2. The van der Waals surface area contributed by atoms with E-state index >= 15 is 0 Å². The van der Waals surface area contributed by atoms with Crippen LogP contribution < -0.4 is 34.7 Å². The van der Waals surface area contributed by atoms with Crippen molar-refractivity contribution in [2.75, 3.05) is 13.1 Å². The Kier molecular flexibility index (Phi) is 4.99. The van der Waals surface area contributed by atoms with Crippen molar-refractivity contribution in [2.24, 2.45) is 0 Å². The molecule has 98 valence electrons. The number of benzene rings is 1. The second-order valence-corrected chi connectivity index (χ2v) is 4.72. The summed E-state index contributed by atoms with van der Waals surface area (Å²) in [5, 5.41) is 10.9. The largest absolute Gasteiger partial charge is 1.00 e. The SMILES string of the molecule is O=C([O-])C1=CCCN(Cc2nc3ccccc3[nH]2)C1.[Na+]. The van der Waals surface area contributed by atoms with Crippen molar-refractivity contribution in [1.82, 2.24) is 14.9 Å². The topological polar surface area (TPSA) is 72.0 Å². The molecule has 0 fully saturated rings. The number of carbonyl (C=O) groups excluding carboxylic acids is 1. The molecule has 1 aliphatic heterocycles. The second-order valence-electron chi connectivity index (χ2n) is 4.72. The Hall–Kier alpha value is -1.14. The number of carboxylic acids is 1. The van der Waals surface area contributed by atoms with Crippen LogP contribution in [0.25, 0.3) is 11.0 Å². The van der Waals surface area contributed by atoms with E-state index in [1.807, 2.05) is 24.3 Å². The minimum absolute atomic E-state index is 0. The molecule has 0 aliphatic carbocycles. The smallest absolute Gasteiger partial charge is 0.545 e. The first kappa shape index (κ1) is 15.3. The zero-order valence-corrected chi connectivity index (χ0v) is 13.4. The molecule has 0 unspecified atom stereocenters. The minimum Gasteiger partial charge on any atom is -0.545 e. The molecule has 1 aromatic heterocycles. The first-order chi connectivity index (χ1) is 9.22. The van der Waals surface area contributed by atoms with Gasteiger partial charge in [0.2, 0.25) is 0 Å². The maximum Gasteiger partial charge on any atom is 1.00 e. The molecule has 20 heavy (non-hydrogen) atoms. The quantitative estimate of drug-likeness (QED) is 0.628. The van der Waals surface area contributed by atoms with Gasteiger partial charge in [-0.15, -0.1) is 0 Å². The zero-order valence-electron chi connectivity index (χ0n) is 11.4. The Morgan fingerprint density at radius 1 is 1.40 bits per heavy atom. The molecule has 6 heteroatoms. The number of imidazole rings is 1. The third-order valence-electron chi connectivity index (χ3n) is 3.30. The van der Waals surface area contributed by atoms with Gasteiger partial charge in [0.1, 0.15) is 5.82 Å². The van der Waals surface area contributed by atoms with Gasteiger partial charge >= 0.3 is 29.6 Å². The van der Waals surface area contributed by atoms with Gasteiger partial charge in [0.05, 0.1) is 23.5 Å². The van der Waals surface area contributed by atoms with E-state index in [0.717, 1.165) is 29.8 Å². The van der Waals surface area contributed by atoms with Crippen LogP contribution >= 0.6 is 0 Å². The number of aromatic nitrogens is 2. The molecule has 0 atom stereocenters. The molecule has 0 saturated heterocycles. The van der Waals surface area contributed by atoms with Crippen LogP contribution in [0.5, 0.6) is 0 Å². The standard InChI is InChI=1S/C14H15N3O2.Na/c18-14(19)10-4-3-7-17(8-10)9-13-15-11-5-1-2-6-12(11)16-13;/h1-2,4-6H,3,7-9H2,(H,15,16)(H,18,19);/q;+1/p-1. The average Bonchev–Trinajstić information content (AvgIpc) is 2.81. The van der Waals surface area contributed by atoms with Gasteiger partial charge in [-0.3, -0.25) is 4.90 Å². The Morgan fingerprint density at radius 2 is 2.20 bits per heavy atom. The third-order valence-corrected chi connectivity index (χ3v) is 3.30. The van der Waals surface area contributed by atoms with Crippen LogP contribution in [0.1, 0.15) is 12.2 Å². The number of nitrogens with one attached hydrogen (secondary N) is 1. The normalized spacial score (nSPS) is 15.7. The van der Waals surface area contributed by atoms with Crippen LogP contribution in [0.2, 0.25) is 0 Å². The maximum absolute atomic E-state index is 10.9. The Morgan fingerprint density at radius 3 is 2.95 bits per heavy atom. The van der Waals surface area contributed by atoms with E-state index in [4.69, 9.17) is 0 Å². The molecule has 0 spiro atoms. The van der Waals surface area contributed by atoms with E-state index in [1.165, 1.54) is 0 Å². The van der Waals surface area contributed by atoms with Crippen molar-refractivity contribution in [1.29, 1.82) is 0 Å². The monoisotopic (exact) mass is 279 g/mol. The summed E-state index contributed by atoms with van der Waals surface area (Å²) in [5.41, 5.74) is 2.30. The number of nitrogens with zero attached hydrogens (tertiary/aromatic N) is 2. The number of fused-ring (bicyclic) bond motifs is 1. The Labute approximate surface area is 139 Å². The fourth-order valence-corrected chi connectivity index (χ4v) is 2.38. The maximum atomic E-state index is 10.9. The third kappa shape index (κ3) is 3.30. The summed E-state index contributed by atoms with van der Waals surface area (Å²) < 4.78 is 0. The predicted molar refractivity (Wildman–Crippen MR) is 69.1 cm³/mol. The number of H-pyrrole nitrogens is 1. The van der Waals surface area contributed by atoms with E-state index in [9.17, 15) is 9.90 Å². The number of carbonyl (C=O) groups is 1. The van der Waals surface area contributed by atoms with Gasteiger partial charge in [0.15, 0.2) is 0 Å². The van der Waals surface area contributed by atoms with Crippen LogP contribution in [0.3, 0.4) is 0 Å². The van der Waals surface area contributed by atoms with E-state index in [1.54, 1.807) is 6.08 Å². The molecule has 2 aromatic rings. The molecular formula is C14H14N3NaO2. The fourth-order valence-electron chi connectivity index (χ4n) is 2.38. The van der Waals surface area contributed by atoms with Gasteiger partial charge in [-0.1, -0.05) is 18.2 Å². The predicted octanol–water partition coefficient (Wildman–Crippen LogP) is -2.55. The summed E-state index contributed by atoms with van der Waals surface area (Å²) in [4.78, 5) is 20.7. The molecule has 1 N–H and O–H groups in total. The summed E-state index contributed by atoms with van der Waals surface area (Å²) in [6, 6.07) is 7.85. The second kappa shape index (κ2) is 6.54. The molecular weight excluding hydrogens is 265 g/mol. The van der Waals surface area contributed by atoms with Crippen LogP contribution in [0, 0.1) is 0 Å². The van der Waals surface area contributed by atoms with Crippen molar-refractivity contribution >= 4 is 17.0 Å². The molecule has 2 heterocycles. The molecule has 3 rings (SSSR count). The van der Waals surface area contributed by atoms with E-state index in [-0.39, 0.29) is 29.6 Å². The van der Waals surface area contributed by atoms with Crippen molar-refractivity contribution in [3.8, 4) is 0 Å². The number of hydrogen-bond donors (Lipinski definition) is 1. The first-order valence-corrected chi connectivity index (χ1v) is 6.29. The molecule has 0 radical (unpaired) electrons. The van der Waals surface area contributed by atoms with Crippen molar-refractivity contribution in [3.05, 3.63) is 41.7 Å². The summed E-state index contributed by atoms with van der Waals surface area (Å²) >= 11 is 0. The van der Waals surface area contributed by atoms with Crippen LogP contribution in [0.4, 0.5) is 0 Å². The molecule has 0 amide bonds. The average molecular weight is 279 g/mol. The van der Waals surface area contributed by atoms with E-state index in [0.29, 0.717) is 18.7 Å². The Balaban J connectivity index is 0.00000147. The molecule has 1 aromatic carbocycles. The minimum atomic E-state index is -1.07.